The minimum Gasteiger partial charge on any atom is -0.389 e. The number of aliphatic hydroxyl groups is 1. The molecule has 0 saturated carbocycles. The monoisotopic (exact) mass is 208 g/mol. The van der Waals surface area contributed by atoms with Gasteiger partial charge in [-0.15, -0.1) is 0 Å². The van der Waals surface area contributed by atoms with E-state index >= 15 is 0 Å². The number of aliphatic hydroxyl groups excluding tert-OH is 1. The Morgan fingerprint density at radius 1 is 1.47 bits per heavy atom. The molecule has 0 aliphatic carbocycles. The van der Waals surface area contributed by atoms with Gasteiger partial charge in [0.25, 0.3) is 0 Å². The van der Waals surface area contributed by atoms with E-state index in [1.165, 1.54) is 0 Å². The van der Waals surface area contributed by atoms with E-state index < -0.39 is 6.10 Å². The summed E-state index contributed by atoms with van der Waals surface area (Å²) in [6.45, 7) is 1.90. The molecule has 1 aromatic carbocycles. The normalized spacial score (nSPS) is 12.2. The molecule has 15 heavy (non-hydrogen) atoms. The lowest BCUT2D eigenvalue weighted by Crippen LogP contribution is -2.30. The van der Waals surface area contributed by atoms with Crippen molar-refractivity contribution in [1.29, 1.82) is 0 Å². The van der Waals surface area contributed by atoms with Crippen LogP contribution < -0.4 is 10.6 Å². The lowest BCUT2D eigenvalue weighted by atomic mass is 10.1. The van der Waals surface area contributed by atoms with Gasteiger partial charge in [-0.25, -0.2) is 0 Å². The van der Waals surface area contributed by atoms with Gasteiger partial charge in [0, 0.05) is 12.7 Å². The Hall–Kier alpha value is -1.55. The molecule has 0 saturated heterocycles. The number of amides is 1. The van der Waals surface area contributed by atoms with Crippen molar-refractivity contribution in [3.8, 4) is 0 Å². The van der Waals surface area contributed by atoms with Gasteiger partial charge in [-0.05, 0) is 24.6 Å². The molecule has 0 aromatic heterocycles. The van der Waals surface area contributed by atoms with E-state index in [2.05, 4.69) is 0 Å². The van der Waals surface area contributed by atoms with Crippen LogP contribution in [0.15, 0.2) is 24.3 Å². The number of nitrogens with zero attached hydrogens (tertiary/aromatic N) is 1. The van der Waals surface area contributed by atoms with Crippen molar-refractivity contribution < 1.29 is 9.90 Å². The molecule has 82 valence electrons. The fourth-order valence-electron chi connectivity index (χ4n) is 1.33. The predicted molar refractivity (Wildman–Crippen MR) is 59.5 cm³/mol. The molecule has 1 atom stereocenters. The summed E-state index contributed by atoms with van der Waals surface area (Å²) in [6, 6.07) is 7.37. The second-order valence-electron chi connectivity index (χ2n) is 3.59. The first-order valence-corrected chi connectivity index (χ1v) is 4.78. The molecule has 3 N–H and O–H groups in total. The highest BCUT2D eigenvalue weighted by Crippen LogP contribution is 2.17. The molecule has 0 spiro atoms. The van der Waals surface area contributed by atoms with Crippen molar-refractivity contribution in [2.75, 3.05) is 18.5 Å². The fourth-order valence-corrected chi connectivity index (χ4v) is 1.33. The van der Waals surface area contributed by atoms with E-state index in [9.17, 15) is 9.90 Å². The van der Waals surface area contributed by atoms with Crippen LogP contribution in [-0.4, -0.2) is 24.6 Å². The van der Waals surface area contributed by atoms with Gasteiger partial charge in [0.15, 0.2) is 0 Å². The van der Waals surface area contributed by atoms with Crippen molar-refractivity contribution in [3.63, 3.8) is 0 Å². The molecule has 0 aliphatic rings. The summed E-state index contributed by atoms with van der Waals surface area (Å²) >= 11 is 0. The van der Waals surface area contributed by atoms with E-state index in [1.54, 1.807) is 18.9 Å². The van der Waals surface area contributed by atoms with Gasteiger partial charge in [-0.1, -0.05) is 12.1 Å². The Morgan fingerprint density at radius 3 is 2.40 bits per heavy atom. The summed E-state index contributed by atoms with van der Waals surface area (Å²) in [5.41, 5.74) is 6.84. The zero-order valence-corrected chi connectivity index (χ0v) is 8.97. The van der Waals surface area contributed by atoms with Gasteiger partial charge in [-0.3, -0.25) is 4.79 Å². The van der Waals surface area contributed by atoms with Crippen LogP contribution in [0.5, 0.6) is 0 Å². The first-order chi connectivity index (χ1) is 7.00. The summed E-state index contributed by atoms with van der Waals surface area (Å²) in [5, 5.41) is 9.31. The van der Waals surface area contributed by atoms with Crippen LogP contribution in [-0.2, 0) is 4.79 Å². The molecule has 1 amide bonds. The van der Waals surface area contributed by atoms with E-state index in [-0.39, 0.29) is 12.5 Å². The van der Waals surface area contributed by atoms with Crippen LogP contribution in [0.1, 0.15) is 18.6 Å². The van der Waals surface area contributed by atoms with Gasteiger partial charge in [-0.2, -0.15) is 0 Å². The number of anilines is 1. The van der Waals surface area contributed by atoms with E-state index in [4.69, 9.17) is 5.73 Å². The third-order valence-electron chi connectivity index (χ3n) is 2.21. The molecule has 4 nitrogen and oxygen atoms in total. The minimum atomic E-state index is -0.472. The summed E-state index contributed by atoms with van der Waals surface area (Å²) < 4.78 is 0. The number of carbonyl (C=O) groups is 1. The molecule has 0 bridgehead atoms. The number of hydrogen-bond acceptors (Lipinski definition) is 3. The van der Waals surface area contributed by atoms with Crippen molar-refractivity contribution in [2.24, 2.45) is 5.73 Å². The number of primary amides is 1. The highest BCUT2D eigenvalue weighted by molar-refractivity contribution is 5.79. The van der Waals surface area contributed by atoms with Gasteiger partial charge in [0.2, 0.25) is 5.91 Å². The second kappa shape index (κ2) is 4.79. The zero-order valence-electron chi connectivity index (χ0n) is 8.97. The van der Waals surface area contributed by atoms with E-state index in [0.29, 0.717) is 0 Å². The standard InChI is InChI=1S/C11H16N2O2/c1-8(14)9-3-5-10(6-4-9)13(2)7-11(12)15/h3-6,8,14H,7H2,1-2H3,(H2,12,15)/t8-/m1/s1. The molecule has 1 rings (SSSR count). The molecule has 0 unspecified atom stereocenters. The number of nitrogens with two attached hydrogens (primary N) is 1. The molecule has 0 aliphatic heterocycles. The van der Waals surface area contributed by atoms with Crippen LogP contribution in [0.3, 0.4) is 0 Å². The SMILES string of the molecule is C[C@@H](O)c1ccc(N(C)CC(N)=O)cc1. The van der Waals surface area contributed by atoms with Crippen molar-refractivity contribution >= 4 is 11.6 Å². The molecule has 0 fully saturated rings. The summed E-state index contributed by atoms with van der Waals surface area (Å²) in [7, 11) is 1.79. The Kier molecular flexibility index (Phi) is 3.68. The van der Waals surface area contributed by atoms with Crippen molar-refractivity contribution in [3.05, 3.63) is 29.8 Å². The van der Waals surface area contributed by atoms with Gasteiger partial charge in [0.05, 0.1) is 12.6 Å². The third-order valence-corrected chi connectivity index (χ3v) is 2.21. The van der Waals surface area contributed by atoms with Crippen LogP contribution in [0.2, 0.25) is 0 Å². The van der Waals surface area contributed by atoms with Crippen LogP contribution in [0.25, 0.3) is 0 Å². The highest BCUT2D eigenvalue weighted by atomic mass is 16.3. The van der Waals surface area contributed by atoms with Crippen LogP contribution in [0, 0.1) is 0 Å². The average Bonchev–Trinajstić information content (AvgIpc) is 2.17. The highest BCUT2D eigenvalue weighted by Gasteiger charge is 2.05. The largest absolute Gasteiger partial charge is 0.389 e. The average molecular weight is 208 g/mol. The quantitative estimate of drug-likeness (QED) is 0.764. The van der Waals surface area contributed by atoms with Crippen LogP contribution in [0.4, 0.5) is 5.69 Å². The lowest BCUT2D eigenvalue weighted by Gasteiger charge is -2.17. The topological polar surface area (TPSA) is 66.6 Å². The number of likely N-dealkylation sites (N-methyl/N-ethyl adjacent to an activating group) is 1. The number of hydrogen-bond donors (Lipinski definition) is 2. The Morgan fingerprint density at radius 2 is 2.00 bits per heavy atom. The zero-order chi connectivity index (χ0) is 11.4. The fraction of sp³-hybridized carbons (Fsp3) is 0.364. The molecule has 0 radical (unpaired) electrons. The first-order valence-electron chi connectivity index (χ1n) is 4.78. The van der Waals surface area contributed by atoms with E-state index in [1.807, 2.05) is 24.3 Å². The maximum atomic E-state index is 10.7. The first kappa shape index (κ1) is 11.5. The van der Waals surface area contributed by atoms with E-state index in [0.717, 1.165) is 11.3 Å². The van der Waals surface area contributed by atoms with Crippen molar-refractivity contribution in [2.45, 2.75) is 13.0 Å². The third kappa shape index (κ3) is 3.25. The van der Waals surface area contributed by atoms with Gasteiger partial charge < -0.3 is 15.7 Å². The van der Waals surface area contributed by atoms with Crippen LogP contribution >= 0.6 is 0 Å². The smallest absolute Gasteiger partial charge is 0.236 e. The number of carbonyl (C=O) groups excluding carboxylic acids is 1. The summed E-state index contributed by atoms with van der Waals surface area (Å²) in [5.74, 6) is -0.364. The number of benzene rings is 1. The summed E-state index contributed by atoms with van der Waals surface area (Å²) in [6.07, 6.45) is -0.472. The van der Waals surface area contributed by atoms with Crippen molar-refractivity contribution in [1.82, 2.24) is 0 Å². The number of rotatable bonds is 4. The summed E-state index contributed by atoms with van der Waals surface area (Å²) in [4.78, 5) is 12.5. The Balaban J connectivity index is 2.75. The Bertz CT molecular complexity index is 333. The molecule has 0 heterocycles. The van der Waals surface area contributed by atoms with Gasteiger partial charge >= 0.3 is 0 Å². The molecule has 4 heteroatoms. The van der Waals surface area contributed by atoms with Gasteiger partial charge in [0.1, 0.15) is 0 Å². The minimum absolute atomic E-state index is 0.189. The maximum Gasteiger partial charge on any atom is 0.236 e. The lowest BCUT2D eigenvalue weighted by molar-refractivity contribution is -0.116. The molecular formula is C11H16N2O2. The maximum absolute atomic E-state index is 10.7. The molecular weight excluding hydrogens is 192 g/mol. The second-order valence-corrected chi connectivity index (χ2v) is 3.59. The predicted octanol–water partition coefficient (Wildman–Crippen LogP) is 0.661. The Labute approximate surface area is 89.3 Å². The molecule has 1 aromatic rings.